The fraction of sp³-hybridized carbons (Fsp3) is 0.400. The Labute approximate surface area is 59.6 Å². The van der Waals surface area contributed by atoms with E-state index in [2.05, 4.69) is 10.2 Å². The third kappa shape index (κ3) is 1.86. The molecule has 0 bridgehead atoms. The van der Waals surface area contributed by atoms with Gasteiger partial charge < -0.3 is 0 Å². The lowest BCUT2D eigenvalue weighted by Gasteiger charge is -2.11. The minimum Gasteiger partial charge on any atom is -0.266 e. The number of halogens is 3. The van der Waals surface area contributed by atoms with Crippen molar-refractivity contribution in [3.05, 3.63) is 12.2 Å². The van der Waals surface area contributed by atoms with E-state index in [1.807, 2.05) is 0 Å². The zero-order chi connectivity index (χ0) is 8.48. The van der Waals surface area contributed by atoms with Gasteiger partial charge in [0.05, 0.1) is 0 Å². The second-order valence-corrected chi connectivity index (χ2v) is 1.90. The van der Waals surface area contributed by atoms with Crippen molar-refractivity contribution in [3.8, 4) is 0 Å². The zero-order valence-corrected chi connectivity index (χ0v) is 5.17. The van der Waals surface area contributed by atoms with Crippen LogP contribution < -0.4 is 0 Å². The summed E-state index contributed by atoms with van der Waals surface area (Å²) in [4.78, 5) is 10.2. The average molecular weight is 164 g/mol. The smallest absolute Gasteiger partial charge is 0.266 e. The van der Waals surface area contributed by atoms with Crippen molar-refractivity contribution in [2.45, 2.75) is 12.2 Å². The fourth-order valence-electron chi connectivity index (χ4n) is 0.539. The van der Waals surface area contributed by atoms with Gasteiger partial charge in [-0.3, -0.25) is 4.79 Å². The van der Waals surface area contributed by atoms with E-state index in [0.717, 1.165) is 6.08 Å². The summed E-state index contributed by atoms with van der Waals surface area (Å²) in [6.07, 6.45) is -3.01. The first kappa shape index (κ1) is 7.90. The molecule has 1 heterocycles. The first-order valence-electron chi connectivity index (χ1n) is 2.70. The van der Waals surface area contributed by atoms with Gasteiger partial charge in [0.15, 0.2) is 6.04 Å². The van der Waals surface area contributed by atoms with Crippen LogP contribution in [0.2, 0.25) is 0 Å². The predicted molar refractivity (Wildman–Crippen MR) is 28.8 cm³/mol. The van der Waals surface area contributed by atoms with E-state index in [9.17, 15) is 18.0 Å². The lowest BCUT2D eigenvalue weighted by molar-refractivity contribution is -0.139. The Balaban J connectivity index is 2.73. The number of carbonyl (C=O) groups is 1. The summed E-state index contributed by atoms with van der Waals surface area (Å²) in [6.45, 7) is 0. The molecule has 60 valence electrons. The fourth-order valence-corrected chi connectivity index (χ4v) is 0.539. The van der Waals surface area contributed by atoms with Crippen LogP contribution in [0.5, 0.6) is 0 Å². The van der Waals surface area contributed by atoms with Gasteiger partial charge in [-0.05, 0) is 6.08 Å². The Bertz CT molecular complexity index is 214. The second-order valence-electron chi connectivity index (χ2n) is 1.90. The summed E-state index contributed by atoms with van der Waals surface area (Å²) in [7, 11) is 0. The number of rotatable bonds is 0. The molecule has 0 aromatic carbocycles. The van der Waals surface area contributed by atoms with Gasteiger partial charge in [0.2, 0.25) is 0 Å². The normalized spacial score (nSPS) is 24.3. The molecule has 6 heteroatoms. The average Bonchev–Trinajstić information content (AvgIpc) is 1.86. The maximum absolute atomic E-state index is 11.8. The molecule has 0 N–H and O–H groups in total. The highest BCUT2D eigenvalue weighted by Crippen LogP contribution is 2.25. The lowest BCUT2D eigenvalue weighted by atomic mass is 10.2. The highest BCUT2D eigenvalue weighted by Gasteiger charge is 2.39. The van der Waals surface area contributed by atoms with Crippen LogP contribution in [-0.2, 0) is 4.79 Å². The SMILES string of the molecule is O=C1C=CC(C(F)(F)F)N=N1. The zero-order valence-electron chi connectivity index (χ0n) is 5.17. The maximum atomic E-state index is 11.8. The Morgan fingerprint density at radius 3 is 2.45 bits per heavy atom. The standard InChI is InChI=1S/C5H3F3N2O/c6-5(7,8)3-1-2-4(11)10-9-3/h1-3H. The lowest BCUT2D eigenvalue weighted by Crippen LogP contribution is -2.26. The summed E-state index contributed by atoms with van der Waals surface area (Å²) in [5, 5.41) is 5.50. The summed E-state index contributed by atoms with van der Waals surface area (Å²) in [5.41, 5.74) is 0. The highest BCUT2D eigenvalue weighted by atomic mass is 19.4. The Morgan fingerprint density at radius 2 is 2.09 bits per heavy atom. The van der Waals surface area contributed by atoms with E-state index in [0.29, 0.717) is 6.08 Å². The van der Waals surface area contributed by atoms with Gasteiger partial charge in [0.1, 0.15) is 0 Å². The maximum Gasteiger partial charge on any atom is 0.416 e. The first-order chi connectivity index (χ1) is 5.00. The molecule has 1 atom stereocenters. The first-order valence-corrected chi connectivity index (χ1v) is 2.70. The molecule has 0 aromatic rings. The molecule has 0 saturated heterocycles. The summed E-state index contributed by atoms with van der Waals surface area (Å²) >= 11 is 0. The Kier molecular flexibility index (Phi) is 1.76. The van der Waals surface area contributed by atoms with E-state index in [1.54, 1.807) is 0 Å². The van der Waals surface area contributed by atoms with Crippen molar-refractivity contribution in [2.75, 3.05) is 0 Å². The van der Waals surface area contributed by atoms with Gasteiger partial charge in [0.25, 0.3) is 5.91 Å². The van der Waals surface area contributed by atoms with Crippen molar-refractivity contribution in [3.63, 3.8) is 0 Å². The Hall–Kier alpha value is -1.20. The molecule has 1 aliphatic rings. The molecule has 1 aliphatic heterocycles. The molecule has 0 saturated carbocycles. The number of amides is 1. The van der Waals surface area contributed by atoms with Crippen LogP contribution in [0, 0.1) is 0 Å². The molecule has 1 rings (SSSR count). The molecule has 3 nitrogen and oxygen atoms in total. The van der Waals surface area contributed by atoms with E-state index < -0.39 is 18.1 Å². The van der Waals surface area contributed by atoms with E-state index in [1.165, 1.54) is 0 Å². The molecule has 0 spiro atoms. The molecule has 1 amide bonds. The predicted octanol–water partition coefficient (Wildman–Crippen LogP) is 1.47. The van der Waals surface area contributed by atoms with Crippen LogP contribution in [-0.4, -0.2) is 18.1 Å². The molecule has 0 radical (unpaired) electrons. The highest BCUT2D eigenvalue weighted by molar-refractivity contribution is 5.88. The van der Waals surface area contributed by atoms with Crippen molar-refractivity contribution >= 4 is 5.91 Å². The van der Waals surface area contributed by atoms with Crippen molar-refractivity contribution in [2.24, 2.45) is 10.2 Å². The quantitative estimate of drug-likeness (QED) is 0.534. The van der Waals surface area contributed by atoms with Gasteiger partial charge in [-0.2, -0.15) is 18.3 Å². The minimum atomic E-state index is -4.44. The molecular weight excluding hydrogens is 161 g/mol. The monoisotopic (exact) mass is 164 g/mol. The summed E-state index contributed by atoms with van der Waals surface area (Å²) in [5.74, 6) is -0.759. The van der Waals surface area contributed by atoms with Crippen LogP contribution in [0.4, 0.5) is 13.2 Å². The third-order valence-electron chi connectivity index (χ3n) is 1.04. The number of carbonyl (C=O) groups excluding carboxylic acids is 1. The number of azo groups is 1. The van der Waals surface area contributed by atoms with E-state index in [4.69, 9.17) is 0 Å². The van der Waals surface area contributed by atoms with Gasteiger partial charge in [0, 0.05) is 6.08 Å². The number of hydrogen-bond donors (Lipinski definition) is 0. The van der Waals surface area contributed by atoms with Crippen molar-refractivity contribution in [1.29, 1.82) is 0 Å². The van der Waals surface area contributed by atoms with Gasteiger partial charge in [-0.25, -0.2) is 0 Å². The molecule has 0 aliphatic carbocycles. The van der Waals surface area contributed by atoms with Gasteiger partial charge >= 0.3 is 6.18 Å². The number of hydrogen-bond acceptors (Lipinski definition) is 2. The molecule has 0 aromatic heterocycles. The topological polar surface area (TPSA) is 41.8 Å². The molecule has 0 fully saturated rings. The Morgan fingerprint density at radius 1 is 1.45 bits per heavy atom. The van der Waals surface area contributed by atoms with Crippen molar-refractivity contribution in [1.82, 2.24) is 0 Å². The van der Waals surface area contributed by atoms with Crippen LogP contribution in [0.3, 0.4) is 0 Å². The molecular formula is C5H3F3N2O. The molecule has 11 heavy (non-hydrogen) atoms. The number of nitrogens with zero attached hydrogens (tertiary/aromatic N) is 2. The van der Waals surface area contributed by atoms with Gasteiger partial charge in [-0.15, -0.1) is 5.11 Å². The van der Waals surface area contributed by atoms with Crippen LogP contribution in [0.15, 0.2) is 22.4 Å². The molecule has 1 unspecified atom stereocenters. The summed E-state index contributed by atoms with van der Waals surface area (Å²) in [6, 6.07) is -1.96. The van der Waals surface area contributed by atoms with Crippen molar-refractivity contribution < 1.29 is 18.0 Å². The largest absolute Gasteiger partial charge is 0.416 e. The van der Waals surface area contributed by atoms with E-state index >= 15 is 0 Å². The number of alkyl halides is 3. The second kappa shape index (κ2) is 2.44. The van der Waals surface area contributed by atoms with E-state index in [-0.39, 0.29) is 0 Å². The minimum absolute atomic E-state index is 0.676. The van der Waals surface area contributed by atoms with Crippen LogP contribution in [0.1, 0.15) is 0 Å². The summed E-state index contributed by atoms with van der Waals surface area (Å²) < 4.78 is 35.3. The van der Waals surface area contributed by atoms with Gasteiger partial charge in [-0.1, -0.05) is 0 Å². The van der Waals surface area contributed by atoms with Crippen LogP contribution >= 0.6 is 0 Å². The third-order valence-corrected chi connectivity index (χ3v) is 1.04. The van der Waals surface area contributed by atoms with Crippen LogP contribution in [0.25, 0.3) is 0 Å².